The molecule has 0 aliphatic carbocycles. The smallest absolute Gasteiger partial charge is 0.269 e. The number of ether oxygens (including phenoxy) is 1. The molecule has 0 heterocycles. The zero-order chi connectivity index (χ0) is 13.4. The van der Waals surface area contributed by atoms with Crippen LogP contribution >= 0.6 is 0 Å². The molecule has 0 fully saturated rings. The molecule has 1 atom stereocenters. The van der Waals surface area contributed by atoms with Gasteiger partial charge >= 0.3 is 0 Å². The van der Waals surface area contributed by atoms with Gasteiger partial charge in [0.25, 0.3) is 5.69 Å². The molecule has 4 heteroatoms. The van der Waals surface area contributed by atoms with Gasteiger partial charge in [-0.05, 0) is 31.4 Å². The van der Waals surface area contributed by atoms with E-state index in [4.69, 9.17) is 4.74 Å². The normalized spacial score (nSPS) is 12.1. The van der Waals surface area contributed by atoms with Crippen LogP contribution in [0.4, 0.5) is 5.69 Å². The van der Waals surface area contributed by atoms with Gasteiger partial charge < -0.3 is 4.74 Å². The summed E-state index contributed by atoms with van der Waals surface area (Å²) in [4.78, 5) is 10.1. The number of unbranched alkanes of at least 4 members (excludes halogenated alkanes) is 2. The molecule has 1 aromatic carbocycles. The maximum absolute atomic E-state index is 10.5. The van der Waals surface area contributed by atoms with E-state index in [2.05, 4.69) is 13.8 Å². The SMILES string of the molecule is CCCCCC(CC)Oc1ccc([N+](=O)[O-])cc1. The first-order valence-corrected chi connectivity index (χ1v) is 6.58. The number of benzene rings is 1. The molecule has 0 aliphatic rings. The van der Waals surface area contributed by atoms with Crippen LogP contribution in [0.2, 0.25) is 0 Å². The maximum atomic E-state index is 10.5. The van der Waals surface area contributed by atoms with Gasteiger partial charge in [-0.2, -0.15) is 0 Å². The van der Waals surface area contributed by atoms with Gasteiger partial charge in [0.15, 0.2) is 0 Å². The van der Waals surface area contributed by atoms with Crippen molar-refractivity contribution in [2.45, 2.75) is 52.1 Å². The van der Waals surface area contributed by atoms with Crippen molar-refractivity contribution in [2.24, 2.45) is 0 Å². The van der Waals surface area contributed by atoms with Gasteiger partial charge in [0.1, 0.15) is 5.75 Å². The molecule has 0 bridgehead atoms. The summed E-state index contributed by atoms with van der Waals surface area (Å²) >= 11 is 0. The first kappa shape index (κ1) is 14.5. The number of nitro groups is 1. The van der Waals surface area contributed by atoms with E-state index in [0.29, 0.717) is 5.75 Å². The summed E-state index contributed by atoms with van der Waals surface area (Å²) in [6.45, 7) is 4.28. The Morgan fingerprint density at radius 2 is 1.89 bits per heavy atom. The highest BCUT2D eigenvalue weighted by Crippen LogP contribution is 2.20. The Hall–Kier alpha value is -1.58. The molecule has 0 amide bonds. The van der Waals surface area contributed by atoms with Crippen molar-refractivity contribution < 1.29 is 9.66 Å². The van der Waals surface area contributed by atoms with Crippen molar-refractivity contribution in [3.63, 3.8) is 0 Å². The molecular formula is C14H21NO3. The minimum atomic E-state index is -0.400. The highest BCUT2D eigenvalue weighted by molar-refractivity contribution is 5.36. The number of nitro benzene ring substituents is 1. The Bertz CT molecular complexity index is 362. The van der Waals surface area contributed by atoms with E-state index < -0.39 is 4.92 Å². The fourth-order valence-electron chi connectivity index (χ4n) is 1.81. The van der Waals surface area contributed by atoms with Crippen LogP contribution in [0.5, 0.6) is 5.75 Å². The van der Waals surface area contributed by atoms with E-state index in [1.54, 1.807) is 12.1 Å². The second kappa shape index (κ2) is 7.69. The standard InChI is InChI=1S/C14H21NO3/c1-3-5-6-7-13(4-2)18-14-10-8-12(9-11-14)15(16)17/h8-11,13H,3-7H2,1-2H3. The minimum absolute atomic E-state index is 0.0985. The second-order valence-electron chi connectivity index (χ2n) is 4.39. The molecule has 0 aliphatic heterocycles. The van der Waals surface area contributed by atoms with Crippen LogP contribution in [0, 0.1) is 10.1 Å². The molecule has 0 N–H and O–H groups in total. The number of hydrogen-bond donors (Lipinski definition) is 0. The Morgan fingerprint density at radius 3 is 2.39 bits per heavy atom. The molecule has 0 aromatic heterocycles. The van der Waals surface area contributed by atoms with Gasteiger partial charge in [-0.1, -0.05) is 26.7 Å². The second-order valence-corrected chi connectivity index (χ2v) is 4.39. The largest absolute Gasteiger partial charge is 0.490 e. The first-order chi connectivity index (χ1) is 8.67. The number of nitrogens with zero attached hydrogens (tertiary/aromatic N) is 1. The fourth-order valence-corrected chi connectivity index (χ4v) is 1.81. The van der Waals surface area contributed by atoms with Gasteiger partial charge in [0, 0.05) is 12.1 Å². The van der Waals surface area contributed by atoms with Crippen molar-refractivity contribution in [1.82, 2.24) is 0 Å². The molecule has 100 valence electrons. The van der Waals surface area contributed by atoms with Gasteiger partial charge in [0.2, 0.25) is 0 Å². The summed E-state index contributed by atoms with van der Waals surface area (Å²) in [7, 11) is 0. The minimum Gasteiger partial charge on any atom is -0.490 e. The lowest BCUT2D eigenvalue weighted by Gasteiger charge is -2.17. The monoisotopic (exact) mass is 251 g/mol. The summed E-state index contributed by atoms with van der Waals surface area (Å²) in [5.74, 6) is 0.712. The summed E-state index contributed by atoms with van der Waals surface area (Å²) in [5, 5.41) is 10.5. The molecule has 18 heavy (non-hydrogen) atoms. The zero-order valence-corrected chi connectivity index (χ0v) is 11.1. The molecule has 1 rings (SSSR count). The molecular weight excluding hydrogens is 230 g/mol. The van der Waals surface area contributed by atoms with Crippen LogP contribution in [0.25, 0.3) is 0 Å². The number of non-ortho nitro benzene ring substituents is 1. The Labute approximate surface area is 108 Å². The third-order valence-electron chi connectivity index (χ3n) is 2.94. The molecule has 0 saturated heterocycles. The fraction of sp³-hybridized carbons (Fsp3) is 0.571. The van der Waals surface area contributed by atoms with Crippen molar-refractivity contribution in [3.8, 4) is 5.75 Å². The lowest BCUT2D eigenvalue weighted by atomic mass is 10.1. The third-order valence-corrected chi connectivity index (χ3v) is 2.94. The van der Waals surface area contributed by atoms with E-state index in [-0.39, 0.29) is 11.8 Å². The molecule has 0 spiro atoms. The molecule has 4 nitrogen and oxygen atoms in total. The quantitative estimate of drug-likeness (QED) is 0.392. The number of hydrogen-bond acceptors (Lipinski definition) is 3. The van der Waals surface area contributed by atoms with Crippen LogP contribution < -0.4 is 4.74 Å². The highest BCUT2D eigenvalue weighted by Gasteiger charge is 2.09. The number of rotatable bonds is 8. The predicted molar refractivity (Wildman–Crippen MR) is 71.9 cm³/mol. The summed E-state index contributed by atoms with van der Waals surface area (Å²) in [6, 6.07) is 6.30. The lowest BCUT2D eigenvalue weighted by molar-refractivity contribution is -0.384. The predicted octanol–water partition coefficient (Wildman–Crippen LogP) is 4.33. The van der Waals surface area contributed by atoms with E-state index in [1.165, 1.54) is 31.4 Å². The van der Waals surface area contributed by atoms with Crippen molar-refractivity contribution >= 4 is 5.69 Å². The van der Waals surface area contributed by atoms with E-state index >= 15 is 0 Å². The maximum Gasteiger partial charge on any atom is 0.269 e. The molecule has 0 saturated carbocycles. The van der Waals surface area contributed by atoms with Gasteiger partial charge in [-0.3, -0.25) is 10.1 Å². The van der Waals surface area contributed by atoms with E-state index in [0.717, 1.165) is 12.8 Å². The highest BCUT2D eigenvalue weighted by atomic mass is 16.6. The van der Waals surface area contributed by atoms with Gasteiger partial charge in [0.05, 0.1) is 11.0 Å². The van der Waals surface area contributed by atoms with Crippen LogP contribution in [0.1, 0.15) is 46.0 Å². The Morgan fingerprint density at radius 1 is 1.22 bits per heavy atom. The Balaban J connectivity index is 2.50. The van der Waals surface area contributed by atoms with Crippen LogP contribution in [-0.2, 0) is 0 Å². The van der Waals surface area contributed by atoms with E-state index in [9.17, 15) is 10.1 Å². The van der Waals surface area contributed by atoms with Crippen molar-refractivity contribution in [2.75, 3.05) is 0 Å². The van der Waals surface area contributed by atoms with E-state index in [1.807, 2.05) is 0 Å². The summed E-state index contributed by atoms with van der Waals surface area (Å²) in [6.07, 6.45) is 5.80. The average molecular weight is 251 g/mol. The molecule has 1 aromatic rings. The van der Waals surface area contributed by atoms with Crippen LogP contribution in [-0.4, -0.2) is 11.0 Å². The first-order valence-electron chi connectivity index (χ1n) is 6.58. The van der Waals surface area contributed by atoms with Gasteiger partial charge in [-0.15, -0.1) is 0 Å². The topological polar surface area (TPSA) is 52.4 Å². The lowest BCUT2D eigenvalue weighted by Crippen LogP contribution is -2.15. The summed E-state index contributed by atoms with van der Waals surface area (Å²) < 4.78 is 5.82. The zero-order valence-electron chi connectivity index (χ0n) is 11.1. The molecule has 0 radical (unpaired) electrons. The van der Waals surface area contributed by atoms with Crippen LogP contribution in [0.15, 0.2) is 24.3 Å². The Kier molecular flexibility index (Phi) is 6.19. The molecule has 1 unspecified atom stereocenters. The van der Waals surface area contributed by atoms with Gasteiger partial charge in [-0.25, -0.2) is 0 Å². The third kappa shape index (κ3) is 4.73. The summed E-state index contributed by atoms with van der Waals surface area (Å²) in [5.41, 5.74) is 0.0985. The average Bonchev–Trinajstić information content (AvgIpc) is 2.38. The van der Waals surface area contributed by atoms with Crippen molar-refractivity contribution in [3.05, 3.63) is 34.4 Å². The van der Waals surface area contributed by atoms with Crippen LogP contribution in [0.3, 0.4) is 0 Å². The van der Waals surface area contributed by atoms with Crippen molar-refractivity contribution in [1.29, 1.82) is 0 Å².